The van der Waals surface area contributed by atoms with Crippen molar-refractivity contribution < 1.29 is 13.9 Å². The number of halogens is 1. The molecule has 0 bridgehead atoms. The van der Waals surface area contributed by atoms with Crippen molar-refractivity contribution in [1.82, 2.24) is 10.3 Å². The average Bonchev–Trinajstić information content (AvgIpc) is 3.11. The number of hydrogen-bond acceptors (Lipinski definition) is 4. The molecule has 1 saturated heterocycles. The van der Waals surface area contributed by atoms with Crippen molar-refractivity contribution in [2.75, 3.05) is 37.0 Å². The van der Waals surface area contributed by atoms with Crippen molar-refractivity contribution in [2.24, 2.45) is 5.92 Å². The minimum atomic E-state index is -0.555. The second-order valence-electron chi connectivity index (χ2n) is 5.96. The third kappa shape index (κ3) is 4.17. The molecule has 0 aliphatic carbocycles. The SMILES string of the molecule is COc1ccccc1N1CC[C@@H](CNC(=O)Nc2ccncc2F)C1. The number of ether oxygens (including phenoxy) is 1. The normalized spacial score (nSPS) is 16.6. The van der Waals surface area contributed by atoms with Gasteiger partial charge in [0.15, 0.2) is 5.82 Å². The Balaban J connectivity index is 1.50. The number of nitrogens with zero attached hydrogens (tertiary/aromatic N) is 2. The molecule has 25 heavy (non-hydrogen) atoms. The standard InChI is InChI=1S/C18H21FN4O2/c1-25-17-5-3-2-4-16(17)23-9-7-13(12-23)10-21-18(24)22-15-6-8-20-11-14(15)19/h2-6,8,11,13H,7,9-10,12H2,1H3,(H2,20,21,22,24)/t13-/m0/s1. The molecule has 2 aromatic rings. The molecule has 7 heteroatoms. The molecule has 132 valence electrons. The number of amides is 2. The van der Waals surface area contributed by atoms with Crippen molar-refractivity contribution in [1.29, 1.82) is 0 Å². The molecule has 1 atom stereocenters. The summed E-state index contributed by atoms with van der Waals surface area (Å²) in [5, 5.41) is 5.30. The summed E-state index contributed by atoms with van der Waals surface area (Å²) in [5.74, 6) is 0.626. The largest absolute Gasteiger partial charge is 0.495 e. The molecule has 0 saturated carbocycles. The maximum atomic E-state index is 13.5. The van der Waals surface area contributed by atoms with Gasteiger partial charge in [-0.1, -0.05) is 12.1 Å². The maximum Gasteiger partial charge on any atom is 0.319 e. The van der Waals surface area contributed by atoms with Crippen LogP contribution < -0.4 is 20.3 Å². The van der Waals surface area contributed by atoms with Crippen LogP contribution in [-0.2, 0) is 0 Å². The topological polar surface area (TPSA) is 66.5 Å². The number of benzene rings is 1. The summed E-state index contributed by atoms with van der Waals surface area (Å²) in [6, 6.07) is 8.92. The van der Waals surface area contributed by atoms with Crippen LogP contribution in [0.5, 0.6) is 5.75 Å². The number of hydrogen-bond donors (Lipinski definition) is 2. The van der Waals surface area contributed by atoms with E-state index in [4.69, 9.17) is 4.74 Å². The predicted molar refractivity (Wildman–Crippen MR) is 94.5 cm³/mol. The van der Waals surface area contributed by atoms with Gasteiger partial charge in [0.05, 0.1) is 24.7 Å². The molecule has 0 unspecified atom stereocenters. The Kier molecular flexibility index (Phi) is 5.33. The Labute approximate surface area is 146 Å². The number of urea groups is 1. The Morgan fingerprint density at radius 1 is 1.40 bits per heavy atom. The van der Waals surface area contributed by atoms with E-state index < -0.39 is 11.8 Å². The molecule has 2 heterocycles. The summed E-state index contributed by atoms with van der Waals surface area (Å²) in [6.07, 6.45) is 3.47. The first-order valence-electron chi connectivity index (χ1n) is 8.19. The Morgan fingerprint density at radius 3 is 3.04 bits per heavy atom. The first-order chi connectivity index (χ1) is 12.2. The molecule has 0 radical (unpaired) electrons. The van der Waals surface area contributed by atoms with Crippen LogP contribution in [0.1, 0.15) is 6.42 Å². The Bertz CT molecular complexity index is 741. The van der Waals surface area contributed by atoms with Gasteiger partial charge in [0, 0.05) is 25.8 Å². The van der Waals surface area contributed by atoms with Gasteiger partial charge in [-0.2, -0.15) is 0 Å². The Morgan fingerprint density at radius 2 is 2.24 bits per heavy atom. The fraction of sp³-hybridized carbons (Fsp3) is 0.333. The highest BCUT2D eigenvalue weighted by atomic mass is 19.1. The molecule has 2 amide bonds. The quantitative estimate of drug-likeness (QED) is 0.875. The van der Waals surface area contributed by atoms with E-state index in [1.54, 1.807) is 7.11 Å². The van der Waals surface area contributed by atoms with Crippen molar-refractivity contribution in [3.05, 3.63) is 48.5 Å². The second kappa shape index (κ2) is 7.83. The molecular weight excluding hydrogens is 323 g/mol. The molecule has 1 fully saturated rings. The molecule has 0 spiro atoms. The molecule has 3 rings (SSSR count). The van der Waals surface area contributed by atoms with Crippen LogP contribution in [-0.4, -0.2) is 37.8 Å². The number of nitrogens with one attached hydrogen (secondary N) is 2. The zero-order valence-electron chi connectivity index (χ0n) is 14.0. The number of carbonyl (C=O) groups is 1. The fourth-order valence-electron chi connectivity index (χ4n) is 2.99. The van der Waals surface area contributed by atoms with Gasteiger partial charge in [-0.15, -0.1) is 0 Å². The molecule has 1 aromatic heterocycles. The van der Waals surface area contributed by atoms with Crippen LogP contribution in [0.3, 0.4) is 0 Å². The van der Waals surface area contributed by atoms with Gasteiger partial charge in [-0.05, 0) is 30.5 Å². The third-order valence-corrected chi connectivity index (χ3v) is 4.28. The predicted octanol–water partition coefficient (Wildman–Crippen LogP) is 2.88. The third-order valence-electron chi connectivity index (χ3n) is 4.28. The lowest BCUT2D eigenvalue weighted by Crippen LogP contribution is -2.34. The number of anilines is 2. The highest BCUT2D eigenvalue weighted by molar-refractivity contribution is 5.89. The monoisotopic (exact) mass is 344 g/mol. The number of pyridine rings is 1. The molecule has 1 aliphatic heterocycles. The second-order valence-corrected chi connectivity index (χ2v) is 5.96. The average molecular weight is 344 g/mol. The van der Waals surface area contributed by atoms with E-state index in [2.05, 4.69) is 20.5 Å². The van der Waals surface area contributed by atoms with Crippen LogP contribution in [0.15, 0.2) is 42.7 Å². The van der Waals surface area contributed by atoms with E-state index in [0.29, 0.717) is 12.5 Å². The lowest BCUT2D eigenvalue weighted by atomic mass is 10.1. The summed E-state index contributed by atoms with van der Waals surface area (Å²) >= 11 is 0. The van der Waals surface area contributed by atoms with E-state index in [1.165, 1.54) is 12.3 Å². The van der Waals surface area contributed by atoms with Gasteiger partial charge in [0.25, 0.3) is 0 Å². The first kappa shape index (κ1) is 17.0. The first-order valence-corrected chi connectivity index (χ1v) is 8.19. The smallest absolute Gasteiger partial charge is 0.319 e. The van der Waals surface area contributed by atoms with Gasteiger partial charge in [-0.25, -0.2) is 9.18 Å². The number of aromatic nitrogens is 1. The van der Waals surface area contributed by atoms with Crippen LogP contribution >= 0.6 is 0 Å². The summed E-state index contributed by atoms with van der Waals surface area (Å²) in [7, 11) is 1.66. The zero-order valence-corrected chi connectivity index (χ0v) is 14.0. The zero-order chi connectivity index (χ0) is 17.6. The number of para-hydroxylation sites is 2. The van der Waals surface area contributed by atoms with Crippen LogP contribution in [0.2, 0.25) is 0 Å². The molecule has 1 aliphatic rings. The minimum Gasteiger partial charge on any atom is -0.495 e. The summed E-state index contributed by atoms with van der Waals surface area (Å²) in [5.41, 5.74) is 1.19. The van der Waals surface area contributed by atoms with Crippen molar-refractivity contribution in [2.45, 2.75) is 6.42 Å². The van der Waals surface area contributed by atoms with Gasteiger partial charge >= 0.3 is 6.03 Å². The summed E-state index contributed by atoms with van der Waals surface area (Å²) < 4.78 is 18.9. The molecule has 2 N–H and O–H groups in total. The van der Waals surface area contributed by atoms with Crippen molar-refractivity contribution in [3.63, 3.8) is 0 Å². The molecular formula is C18H21FN4O2. The van der Waals surface area contributed by atoms with Gasteiger partial charge in [0.2, 0.25) is 0 Å². The Hall–Kier alpha value is -2.83. The lowest BCUT2D eigenvalue weighted by Gasteiger charge is -2.21. The van der Waals surface area contributed by atoms with Crippen molar-refractivity contribution >= 4 is 17.4 Å². The van der Waals surface area contributed by atoms with Crippen LogP contribution in [0.25, 0.3) is 0 Å². The summed E-state index contributed by atoms with van der Waals surface area (Å²) in [6.45, 7) is 2.28. The number of methoxy groups -OCH3 is 1. The van der Waals surface area contributed by atoms with E-state index in [0.717, 1.165) is 37.1 Å². The van der Waals surface area contributed by atoms with Crippen molar-refractivity contribution in [3.8, 4) is 5.75 Å². The fourth-order valence-corrected chi connectivity index (χ4v) is 2.99. The van der Waals surface area contributed by atoms with Crippen LogP contribution in [0.4, 0.5) is 20.6 Å². The number of rotatable bonds is 5. The lowest BCUT2D eigenvalue weighted by molar-refractivity contribution is 0.250. The van der Waals surface area contributed by atoms with Gasteiger partial charge < -0.3 is 20.3 Å². The number of carbonyl (C=O) groups excluding carboxylic acids is 1. The minimum absolute atomic E-state index is 0.120. The highest BCUT2D eigenvalue weighted by Crippen LogP contribution is 2.31. The highest BCUT2D eigenvalue weighted by Gasteiger charge is 2.24. The van der Waals surface area contributed by atoms with Crippen LogP contribution in [0, 0.1) is 11.7 Å². The van der Waals surface area contributed by atoms with E-state index in [1.807, 2.05) is 24.3 Å². The molecule has 1 aromatic carbocycles. The molecule has 6 nitrogen and oxygen atoms in total. The van der Waals surface area contributed by atoms with E-state index in [9.17, 15) is 9.18 Å². The van der Waals surface area contributed by atoms with E-state index >= 15 is 0 Å². The van der Waals surface area contributed by atoms with Gasteiger partial charge in [0.1, 0.15) is 5.75 Å². The van der Waals surface area contributed by atoms with Gasteiger partial charge in [-0.3, -0.25) is 4.98 Å². The van der Waals surface area contributed by atoms with E-state index in [-0.39, 0.29) is 5.69 Å². The maximum absolute atomic E-state index is 13.5. The summed E-state index contributed by atoms with van der Waals surface area (Å²) in [4.78, 5) is 17.8.